The average molecular weight is 341 g/mol. The average Bonchev–Trinajstić information content (AvgIpc) is 2.78. The van der Waals surface area contributed by atoms with Crippen LogP contribution in [-0.4, -0.2) is 49.0 Å². The Kier molecular flexibility index (Phi) is 6.42. The van der Waals surface area contributed by atoms with E-state index in [1.807, 2.05) is 44.2 Å². The molecule has 0 saturated carbocycles. The number of benzene rings is 1. The van der Waals surface area contributed by atoms with Crippen molar-refractivity contribution in [2.75, 3.05) is 6.61 Å². The van der Waals surface area contributed by atoms with E-state index in [0.29, 0.717) is 19.4 Å². The van der Waals surface area contributed by atoms with Crippen LogP contribution >= 0.6 is 0 Å². The predicted octanol–water partition coefficient (Wildman–Crippen LogP) is 2.83. The van der Waals surface area contributed by atoms with Gasteiger partial charge in [-0.2, -0.15) is 0 Å². The summed E-state index contributed by atoms with van der Waals surface area (Å²) in [5.74, 6) is -0.895. The minimum absolute atomic E-state index is 0.207. The van der Waals surface area contributed by atoms with Crippen molar-refractivity contribution >= 4 is 19.6 Å². The van der Waals surface area contributed by atoms with Crippen LogP contribution in [0.3, 0.4) is 0 Å². The summed E-state index contributed by atoms with van der Waals surface area (Å²) in [6.07, 6.45) is 3.98. The fraction of sp³-hybridized carbons (Fsp3) is 0.474. The largest absolute Gasteiger partial charge is 0.463 e. The molecule has 1 heterocycles. The maximum absolute atomic E-state index is 12.0. The summed E-state index contributed by atoms with van der Waals surface area (Å²) in [7, 11) is 5.61. The topological polar surface area (TPSA) is 55.8 Å². The lowest BCUT2D eigenvalue weighted by atomic mass is 9.95. The third-order valence-electron chi connectivity index (χ3n) is 4.21. The molecule has 1 amide bonds. The van der Waals surface area contributed by atoms with Crippen LogP contribution in [0, 0.1) is 0 Å². The standard InChI is InChI=1S/C19H24BNO4/c1-4-24-17(22)12-8-11-16-15(13-14-9-6-5-7-10-14)21(18(20)23)19(2,3)25-16/h5-10,12,15-16H,4,11,13H2,1-3H3/b12-8-/t15-,16+/m0/s1. The SMILES string of the molecule is [B]C(=O)N1[C@@H](Cc2ccccc2)[C@@H](C/C=C\C(=O)OCC)OC1(C)C. The van der Waals surface area contributed by atoms with Crippen LogP contribution in [0.25, 0.3) is 0 Å². The first-order valence-electron chi connectivity index (χ1n) is 8.49. The highest BCUT2D eigenvalue weighted by molar-refractivity contribution is 6.57. The zero-order valence-corrected chi connectivity index (χ0v) is 15.0. The van der Waals surface area contributed by atoms with Crippen LogP contribution in [0.15, 0.2) is 42.5 Å². The van der Waals surface area contributed by atoms with E-state index in [2.05, 4.69) is 0 Å². The van der Waals surface area contributed by atoms with Gasteiger partial charge in [0.2, 0.25) is 7.85 Å². The maximum Gasteiger partial charge on any atom is 0.330 e. The Morgan fingerprint density at radius 1 is 1.32 bits per heavy atom. The second kappa shape index (κ2) is 8.34. The van der Waals surface area contributed by atoms with E-state index in [1.165, 1.54) is 6.08 Å². The molecule has 1 aliphatic heterocycles. The van der Waals surface area contributed by atoms with Crippen LogP contribution in [0.2, 0.25) is 0 Å². The van der Waals surface area contributed by atoms with Crippen molar-refractivity contribution in [1.82, 2.24) is 4.90 Å². The van der Waals surface area contributed by atoms with Crippen LogP contribution in [0.4, 0.5) is 4.79 Å². The molecule has 2 atom stereocenters. The fourth-order valence-corrected chi connectivity index (χ4v) is 3.27. The summed E-state index contributed by atoms with van der Waals surface area (Å²) in [5, 5.41) is 0. The zero-order valence-electron chi connectivity index (χ0n) is 15.0. The van der Waals surface area contributed by atoms with Gasteiger partial charge >= 0.3 is 5.97 Å². The number of amides is 1. The van der Waals surface area contributed by atoms with Crippen LogP contribution < -0.4 is 0 Å². The molecule has 0 aliphatic carbocycles. The van der Waals surface area contributed by atoms with Gasteiger partial charge in [0.15, 0.2) is 5.81 Å². The lowest BCUT2D eigenvalue weighted by molar-refractivity contribution is -0.137. The van der Waals surface area contributed by atoms with E-state index in [1.54, 1.807) is 17.9 Å². The molecule has 0 aromatic heterocycles. The van der Waals surface area contributed by atoms with Crippen LogP contribution in [0.1, 0.15) is 32.8 Å². The lowest BCUT2D eigenvalue weighted by Crippen LogP contribution is -2.48. The Balaban J connectivity index is 2.17. The first-order valence-corrected chi connectivity index (χ1v) is 8.49. The van der Waals surface area contributed by atoms with Crippen molar-refractivity contribution in [1.29, 1.82) is 0 Å². The van der Waals surface area contributed by atoms with Gasteiger partial charge < -0.3 is 14.4 Å². The van der Waals surface area contributed by atoms with E-state index in [9.17, 15) is 9.59 Å². The van der Waals surface area contributed by atoms with E-state index < -0.39 is 11.5 Å². The summed E-state index contributed by atoms with van der Waals surface area (Å²) >= 11 is 0. The quantitative estimate of drug-likeness (QED) is 0.454. The van der Waals surface area contributed by atoms with E-state index in [-0.39, 0.29) is 18.1 Å². The molecule has 0 spiro atoms. The molecule has 2 rings (SSSR count). The van der Waals surface area contributed by atoms with Crippen molar-refractivity contribution in [2.45, 2.75) is 51.5 Å². The van der Waals surface area contributed by atoms with Crippen molar-refractivity contribution in [3.8, 4) is 0 Å². The number of nitrogens with zero attached hydrogens (tertiary/aromatic N) is 1. The summed E-state index contributed by atoms with van der Waals surface area (Å²) in [5.41, 5.74) is 0.299. The Morgan fingerprint density at radius 3 is 2.60 bits per heavy atom. The molecule has 1 saturated heterocycles. The number of carbonyl (C=O) groups excluding carboxylic acids is 2. The second-order valence-electron chi connectivity index (χ2n) is 6.46. The summed E-state index contributed by atoms with van der Waals surface area (Å²) in [6.45, 7) is 5.74. The lowest BCUT2D eigenvalue weighted by Gasteiger charge is -2.33. The van der Waals surface area contributed by atoms with E-state index in [0.717, 1.165) is 5.56 Å². The van der Waals surface area contributed by atoms with Crippen LogP contribution in [-0.2, 0) is 20.7 Å². The monoisotopic (exact) mass is 341 g/mol. The molecule has 0 bridgehead atoms. The smallest absolute Gasteiger partial charge is 0.330 e. The molecule has 25 heavy (non-hydrogen) atoms. The number of hydrogen-bond donors (Lipinski definition) is 0. The van der Waals surface area contributed by atoms with Gasteiger partial charge in [0.1, 0.15) is 5.72 Å². The second-order valence-corrected chi connectivity index (χ2v) is 6.46. The molecule has 1 aromatic rings. The molecular weight excluding hydrogens is 317 g/mol. The predicted molar refractivity (Wildman–Crippen MR) is 96.3 cm³/mol. The van der Waals surface area contributed by atoms with Crippen molar-refractivity contribution < 1.29 is 19.1 Å². The number of hydrogen-bond acceptors (Lipinski definition) is 4. The van der Waals surface area contributed by atoms with Crippen molar-refractivity contribution in [3.05, 3.63) is 48.0 Å². The molecule has 1 aromatic carbocycles. The van der Waals surface area contributed by atoms with E-state index >= 15 is 0 Å². The summed E-state index contributed by atoms with van der Waals surface area (Å²) < 4.78 is 10.9. The normalized spacial score (nSPS) is 22.3. The van der Waals surface area contributed by atoms with E-state index in [4.69, 9.17) is 17.3 Å². The van der Waals surface area contributed by atoms with Gasteiger partial charge in [0.05, 0.1) is 18.8 Å². The third-order valence-corrected chi connectivity index (χ3v) is 4.21. The Hall–Kier alpha value is -2.08. The molecule has 1 aliphatic rings. The van der Waals surface area contributed by atoms with Gasteiger partial charge in [0, 0.05) is 6.08 Å². The molecule has 0 unspecified atom stereocenters. The molecule has 132 valence electrons. The van der Waals surface area contributed by atoms with Crippen LogP contribution in [0.5, 0.6) is 0 Å². The number of esters is 1. The van der Waals surface area contributed by atoms with Gasteiger partial charge in [-0.25, -0.2) is 4.79 Å². The Labute approximate surface area is 150 Å². The molecule has 5 nitrogen and oxygen atoms in total. The number of ether oxygens (including phenoxy) is 2. The zero-order chi connectivity index (χ0) is 18.4. The highest BCUT2D eigenvalue weighted by Crippen LogP contribution is 2.35. The molecule has 2 radical (unpaired) electrons. The summed E-state index contributed by atoms with van der Waals surface area (Å²) in [6, 6.07) is 9.68. The van der Waals surface area contributed by atoms with Gasteiger partial charge in [-0.05, 0) is 39.2 Å². The van der Waals surface area contributed by atoms with Gasteiger partial charge in [-0.15, -0.1) is 0 Å². The Bertz CT molecular complexity index is 630. The highest BCUT2D eigenvalue weighted by atomic mass is 16.5. The number of rotatable bonds is 6. The minimum atomic E-state index is -0.798. The van der Waals surface area contributed by atoms with Gasteiger partial charge in [-0.1, -0.05) is 36.4 Å². The first-order chi connectivity index (χ1) is 11.8. The van der Waals surface area contributed by atoms with Gasteiger partial charge in [-0.3, -0.25) is 4.79 Å². The van der Waals surface area contributed by atoms with Gasteiger partial charge in [0.25, 0.3) is 0 Å². The fourth-order valence-electron chi connectivity index (χ4n) is 3.27. The van der Waals surface area contributed by atoms with Crippen molar-refractivity contribution in [3.63, 3.8) is 0 Å². The molecular formula is C19H24BNO4. The van der Waals surface area contributed by atoms with Crippen molar-refractivity contribution in [2.24, 2.45) is 0 Å². The summed E-state index contributed by atoms with van der Waals surface area (Å²) in [4.78, 5) is 25.0. The maximum atomic E-state index is 12.0. The molecule has 0 N–H and O–H groups in total. The highest BCUT2D eigenvalue weighted by Gasteiger charge is 2.47. The number of carbonyl (C=O) groups is 2. The molecule has 1 fully saturated rings. The minimum Gasteiger partial charge on any atom is -0.463 e. The third kappa shape index (κ3) is 4.95. The Morgan fingerprint density at radius 2 is 2.00 bits per heavy atom. The molecule has 6 heteroatoms. The first kappa shape index (κ1) is 19.3.